The van der Waals surface area contributed by atoms with Gasteiger partial charge in [0.1, 0.15) is 17.9 Å². The third kappa shape index (κ3) is 7.87. The first kappa shape index (κ1) is 39.7. The molecule has 0 spiro atoms. The number of hydrogen-bond acceptors (Lipinski definition) is 10. The zero-order chi connectivity index (χ0) is 42.1. The number of nitrogens with zero attached hydrogens (tertiary/aromatic N) is 6. The molecule has 1 aliphatic heterocycles. The summed E-state index contributed by atoms with van der Waals surface area (Å²) in [4.78, 5) is 81.2. The Kier molecular flexibility index (Phi) is 11.0. The van der Waals surface area contributed by atoms with Crippen LogP contribution in [0.2, 0.25) is 0 Å². The van der Waals surface area contributed by atoms with Crippen molar-refractivity contribution >= 4 is 57.5 Å². The molecule has 5 N–H and O–H groups in total. The molecular formula is C42H44FN11O6. The van der Waals surface area contributed by atoms with Gasteiger partial charge in [0.2, 0.25) is 11.8 Å². The zero-order valence-electron chi connectivity index (χ0n) is 33.0. The van der Waals surface area contributed by atoms with Gasteiger partial charge < -0.3 is 21.3 Å². The van der Waals surface area contributed by atoms with Crippen molar-refractivity contribution in [1.82, 2.24) is 44.2 Å². The van der Waals surface area contributed by atoms with Crippen molar-refractivity contribution in [3.8, 4) is 5.69 Å². The number of piperidine rings is 1. The Bertz CT molecular complexity index is 2770. The Morgan fingerprint density at radius 3 is 2.48 bits per heavy atom. The van der Waals surface area contributed by atoms with Crippen LogP contribution in [0.15, 0.2) is 82.6 Å². The quantitative estimate of drug-likeness (QED) is 0.0751. The molecule has 6 aromatic rings. The summed E-state index contributed by atoms with van der Waals surface area (Å²) in [6, 6.07) is 16.1. The minimum atomic E-state index is -1.06. The monoisotopic (exact) mass is 817 g/mol. The molecule has 4 amide bonds. The van der Waals surface area contributed by atoms with Crippen molar-refractivity contribution in [3.05, 3.63) is 111 Å². The molecule has 1 aliphatic carbocycles. The molecule has 60 heavy (non-hydrogen) atoms. The highest BCUT2D eigenvalue weighted by atomic mass is 19.1. The Morgan fingerprint density at radius 2 is 1.73 bits per heavy atom. The van der Waals surface area contributed by atoms with E-state index < -0.39 is 30.1 Å². The number of nitrogens with one attached hydrogen (secondary N) is 5. The number of carbonyl (C=O) groups excluding carboxylic acids is 4. The number of hydrogen-bond donors (Lipinski definition) is 5. The maximum Gasteiger partial charge on any atom is 0.329 e. The van der Waals surface area contributed by atoms with E-state index in [1.807, 2.05) is 18.2 Å². The molecule has 1 unspecified atom stereocenters. The molecular weight excluding hydrogens is 774 g/mol. The molecule has 0 radical (unpaired) electrons. The van der Waals surface area contributed by atoms with Gasteiger partial charge in [-0.1, -0.05) is 25.0 Å². The van der Waals surface area contributed by atoms with Crippen LogP contribution < -0.4 is 37.8 Å². The van der Waals surface area contributed by atoms with E-state index in [0.717, 1.165) is 43.2 Å². The minimum Gasteiger partial charge on any atom is -0.385 e. The molecule has 17 nitrogen and oxygen atoms in total. The number of fused-ring (bicyclic) bond motifs is 2. The van der Waals surface area contributed by atoms with Crippen LogP contribution in [0, 0.1) is 0 Å². The van der Waals surface area contributed by atoms with Gasteiger partial charge in [0.05, 0.1) is 29.0 Å². The molecule has 8 rings (SSSR count). The summed E-state index contributed by atoms with van der Waals surface area (Å²) in [6.45, 7) is 0.492. The summed E-state index contributed by atoms with van der Waals surface area (Å²) in [5, 5.41) is 18.5. The lowest BCUT2D eigenvalue weighted by atomic mass is 10.0. The summed E-state index contributed by atoms with van der Waals surface area (Å²) in [7, 11) is 3.39. The summed E-state index contributed by atoms with van der Waals surface area (Å²) >= 11 is 0. The highest BCUT2D eigenvalue weighted by Crippen LogP contribution is 2.28. The van der Waals surface area contributed by atoms with Gasteiger partial charge in [-0.15, -0.1) is 5.10 Å². The number of aryl methyl sites for hydroxylation is 2. The number of alkyl halides is 1. The van der Waals surface area contributed by atoms with Gasteiger partial charge >= 0.3 is 5.69 Å². The number of para-hydroxylation sites is 1. The summed E-state index contributed by atoms with van der Waals surface area (Å²) < 4.78 is 19.3. The number of halogens is 1. The number of benzene rings is 2. The number of amides is 4. The van der Waals surface area contributed by atoms with Crippen molar-refractivity contribution in [1.29, 1.82) is 0 Å². The Morgan fingerprint density at radius 1 is 0.950 bits per heavy atom. The van der Waals surface area contributed by atoms with E-state index in [1.165, 1.54) is 19.8 Å². The van der Waals surface area contributed by atoms with Crippen molar-refractivity contribution in [2.45, 2.75) is 69.6 Å². The van der Waals surface area contributed by atoms with E-state index in [-0.39, 0.29) is 59.5 Å². The van der Waals surface area contributed by atoms with Crippen molar-refractivity contribution in [2.24, 2.45) is 7.05 Å². The van der Waals surface area contributed by atoms with Crippen LogP contribution in [0.5, 0.6) is 0 Å². The Labute approximate surface area is 342 Å². The number of carbonyl (C=O) groups is 4. The lowest BCUT2D eigenvalue weighted by Gasteiger charge is -2.21. The first-order valence-corrected chi connectivity index (χ1v) is 19.9. The Balaban J connectivity index is 0.839. The van der Waals surface area contributed by atoms with E-state index in [9.17, 15) is 33.2 Å². The summed E-state index contributed by atoms with van der Waals surface area (Å²) in [6.07, 6.45) is 6.85. The second-order valence-electron chi connectivity index (χ2n) is 15.1. The predicted octanol–water partition coefficient (Wildman–Crippen LogP) is 3.67. The SMILES string of the molecule is CNc1cc(Nc2cccn(-c3ccc(C(=O)NCCCCCCc4cccc5c4n(C)c(=O)n5C4CCC(=O)NC4=O)cc3)c2=O)nn2c(C(=O)N[C@@H]3C[C@@H]3F)cnc12. The van der Waals surface area contributed by atoms with Gasteiger partial charge in [-0.2, -0.15) is 0 Å². The van der Waals surface area contributed by atoms with E-state index in [1.54, 1.807) is 67.3 Å². The third-order valence-electron chi connectivity index (χ3n) is 11.0. The highest BCUT2D eigenvalue weighted by Gasteiger charge is 2.39. The molecule has 3 atom stereocenters. The largest absolute Gasteiger partial charge is 0.385 e. The van der Waals surface area contributed by atoms with Crippen LogP contribution in [-0.2, 0) is 23.1 Å². The van der Waals surface area contributed by atoms with Crippen molar-refractivity contribution < 1.29 is 23.6 Å². The standard InChI is InChI=1S/C42H44FN11O6/c1-44-30-22-34(50-54-33(23-46-37(30)54)40(58)48-29-21-27(29)43)47-28-11-8-20-52(41(28)59)26-15-13-25(14-16-26)38(56)45-19-6-4-3-5-9-24-10-7-12-31-36(24)51(2)42(60)53(31)32-17-18-35(55)49-39(32)57/h7-8,10-16,20,22-23,27,29,32,44H,3-6,9,17-19,21H2,1-2H3,(H,45,56)(H,47,50)(H,48,58)(H,49,55,57)/t27-,29+,32?/m0/s1. The summed E-state index contributed by atoms with van der Waals surface area (Å²) in [5.41, 5.74) is 4.07. The average molecular weight is 818 g/mol. The molecule has 2 aliphatic rings. The number of pyridine rings is 1. The molecule has 310 valence electrons. The second kappa shape index (κ2) is 16.6. The zero-order valence-corrected chi connectivity index (χ0v) is 33.0. The van der Waals surface area contributed by atoms with Crippen LogP contribution in [0.3, 0.4) is 0 Å². The smallest absolute Gasteiger partial charge is 0.329 e. The van der Waals surface area contributed by atoms with Gasteiger partial charge in [-0.05, 0) is 73.7 Å². The summed E-state index contributed by atoms with van der Waals surface area (Å²) in [5.74, 6) is -1.25. The molecule has 4 aromatic heterocycles. The molecule has 2 aromatic carbocycles. The number of rotatable bonds is 15. The topological polar surface area (TPSA) is 208 Å². The maximum absolute atomic E-state index is 13.6. The maximum atomic E-state index is 13.6. The van der Waals surface area contributed by atoms with Crippen LogP contribution >= 0.6 is 0 Å². The molecule has 1 saturated carbocycles. The number of aromatic nitrogens is 6. The van der Waals surface area contributed by atoms with Crippen LogP contribution in [0.1, 0.15) is 77.4 Å². The van der Waals surface area contributed by atoms with E-state index in [0.29, 0.717) is 34.6 Å². The Hall–Kier alpha value is -7.11. The van der Waals surface area contributed by atoms with Gasteiger partial charge in [-0.3, -0.25) is 43.0 Å². The fourth-order valence-electron chi connectivity index (χ4n) is 7.68. The van der Waals surface area contributed by atoms with Gasteiger partial charge in [0.25, 0.3) is 17.4 Å². The number of unbranched alkanes of at least 4 members (excludes halogenated alkanes) is 3. The molecule has 2 fully saturated rings. The van der Waals surface area contributed by atoms with E-state index in [2.05, 4.69) is 36.7 Å². The molecule has 1 saturated heterocycles. The fourth-order valence-corrected chi connectivity index (χ4v) is 7.68. The number of anilines is 3. The first-order valence-electron chi connectivity index (χ1n) is 19.9. The highest BCUT2D eigenvalue weighted by molar-refractivity contribution is 6.00. The van der Waals surface area contributed by atoms with Gasteiger partial charge in [-0.25, -0.2) is 18.7 Å². The minimum absolute atomic E-state index is 0.123. The van der Waals surface area contributed by atoms with Gasteiger partial charge in [0, 0.05) is 57.0 Å². The second-order valence-corrected chi connectivity index (χ2v) is 15.1. The predicted molar refractivity (Wildman–Crippen MR) is 222 cm³/mol. The van der Waals surface area contributed by atoms with Crippen LogP contribution in [0.4, 0.5) is 21.6 Å². The van der Waals surface area contributed by atoms with Gasteiger partial charge in [0.15, 0.2) is 17.2 Å². The normalized spacial score (nSPS) is 17.4. The number of imide groups is 1. The lowest BCUT2D eigenvalue weighted by Crippen LogP contribution is -2.44. The van der Waals surface area contributed by atoms with Crippen LogP contribution in [-0.4, -0.2) is 77.7 Å². The molecule has 18 heteroatoms. The first-order chi connectivity index (χ1) is 29.0. The average Bonchev–Trinajstić information content (AvgIpc) is 3.64. The van der Waals surface area contributed by atoms with Crippen molar-refractivity contribution in [3.63, 3.8) is 0 Å². The molecule has 0 bridgehead atoms. The molecule has 5 heterocycles. The van der Waals surface area contributed by atoms with Crippen molar-refractivity contribution in [2.75, 3.05) is 24.2 Å². The van der Waals surface area contributed by atoms with E-state index >= 15 is 0 Å². The lowest BCUT2D eigenvalue weighted by molar-refractivity contribution is -0.135. The third-order valence-corrected chi connectivity index (χ3v) is 11.0. The number of imidazole rings is 2. The fraction of sp³-hybridized carbons (Fsp3) is 0.333. The van der Waals surface area contributed by atoms with E-state index in [4.69, 9.17) is 0 Å². The van der Waals surface area contributed by atoms with Crippen LogP contribution in [0.25, 0.3) is 22.4 Å².